The lowest BCUT2D eigenvalue weighted by molar-refractivity contribution is -0.124. The predicted octanol–water partition coefficient (Wildman–Crippen LogP) is 2.54. The molecule has 0 saturated carbocycles. The van der Waals surface area contributed by atoms with Gasteiger partial charge in [0.25, 0.3) is 0 Å². The summed E-state index contributed by atoms with van der Waals surface area (Å²) in [6, 6.07) is 12.6. The number of phenols is 1. The van der Waals surface area contributed by atoms with E-state index in [1.54, 1.807) is 18.5 Å². The molecule has 3 aromatic rings. The largest absolute Gasteiger partial charge is 0.504 e. The van der Waals surface area contributed by atoms with E-state index < -0.39 is 0 Å². The van der Waals surface area contributed by atoms with Gasteiger partial charge in [0.15, 0.2) is 11.5 Å². The molecule has 0 fully saturated rings. The number of carbonyl (C=O) groups is 1. The van der Waals surface area contributed by atoms with Crippen LogP contribution in [0, 0.1) is 5.92 Å². The molecule has 0 spiro atoms. The van der Waals surface area contributed by atoms with E-state index in [9.17, 15) is 9.90 Å². The third-order valence-electron chi connectivity index (χ3n) is 4.04. The number of nitrogens with one attached hydrogen (secondary N) is 1. The first kappa shape index (κ1) is 17.5. The Hall–Kier alpha value is -3.35. The lowest BCUT2D eigenvalue weighted by Crippen LogP contribution is -2.27. The Morgan fingerprint density at radius 1 is 1.38 bits per heavy atom. The number of aromatic nitrogens is 2. The number of hydrogen-bond acceptors (Lipinski definition) is 5. The Kier molecular flexibility index (Phi) is 5.17. The van der Waals surface area contributed by atoms with E-state index in [-0.39, 0.29) is 17.6 Å². The van der Waals surface area contributed by atoms with Crippen LogP contribution < -0.4 is 10.2 Å². The highest BCUT2D eigenvalue weighted by Crippen LogP contribution is 2.25. The maximum Gasteiger partial charge on any atom is 0.244 e. The fourth-order valence-corrected chi connectivity index (χ4v) is 2.59. The van der Waals surface area contributed by atoms with Crippen molar-refractivity contribution in [2.24, 2.45) is 11.0 Å². The Labute approximate surface area is 150 Å². The van der Waals surface area contributed by atoms with Crippen LogP contribution in [0.1, 0.15) is 12.5 Å². The second kappa shape index (κ2) is 7.69. The first-order valence-corrected chi connectivity index (χ1v) is 8.18. The highest BCUT2D eigenvalue weighted by atomic mass is 16.5. The summed E-state index contributed by atoms with van der Waals surface area (Å²) in [6.07, 6.45) is 3.24. The van der Waals surface area contributed by atoms with Crippen molar-refractivity contribution >= 4 is 23.2 Å². The molecule has 0 aliphatic rings. The molecule has 0 unspecified atom stereocenters. The third-order valence-corrected chi connectivity index (χ3v) is 4.04. The molecular formula is C19H20N4O3. The van der Waals surface area contributed by atoms with E-state index in [0.717, 1.165) is 11.0 Å². The average molecular weight is 352 g/mol. The Balaban J connectivity index is 1.61. The molecule has 1 amide bonds. The van der Waals surface area contributed by atoms with Gasteiger partial charge >= 0.3 is 0 Å². The summed E-state index contributed by atoms with van der Waals surface area (Å²) in [4.78, 5) is 16.6. The van der Waals surface area contributed by atoms with Crippen molar-refractivity contribution in [3.8, 4) is 11.5 Å². The van der Waals surface area contributed by atoms with E-state index in [1.165, 1.54) is 19.4 Å². The lowest BCUT2D eigenvalue weighted by Gasteiger charge is -2.11. The number of hydrazone groups is 1. The summed E-state index contributed by atoms with van der Waals surface area (Å²) in [5, 5.41) is 13.5. The van der Waals surface area contributed by atoms with Gasteiger partial charge in [0.2, 0.25) is 5.91 Å². The molecule has 1 aromatic heterocycles. The van der Waals surface area contributed by atoms with Gasteiger partial charge in [-0.3, -0.25) is 4.79 Å². The number of amides is 1. The monoisotopic (exact) mass is 352 g/mol. The molecule has 134 valence electrons. The first-order chi connectivity index (χ1) is 12.6. The lowest BCUT2D eigenvalue weighted by atomic mass is 10.1. The summed E-state index contributed by atoms with van der Waals surface area (Å²) in [5.41, 5.74) is 5.13. The Bertz CT molecular complexity index is 949. The molecule has 26 heavy (non-hydrogen) atoms. The maximum absolute atomic E-state index is 12.2. The number of carbonyl (C=O) groups excluding carboxylic acids is 1. The number of nitrogens with zero attached hydrogens (tertiary/aromatic N) is 3. The topological polar surface area (TPSA) is 88.7 Å². The summed E-state index contributed by atoms with van der Waals surface area (Å²) < 4.78 is 6.99. The zero-order chi connectivity index (χ0) is 18.5. The van der Waals surface area contributed by atoms with E-state index in [1.807, 2.05) is 35.8 Å². The molecule has 0 bridgehead atoms. The molecule has 3 rings (SSSR count). The number of rotatable bonds is 6. The van der Waals surface area contributed by atoms with Gasteiger partial charge in [-0.15, -0.1) is 0 Å². The van der Waals surface area contributed by atoms with Crippen LogP contribution in [0.15, 0.2) is 53.9 Å². The smallest absolute Gasteiger partial charge is 0.244 e. The number of phenolic OH excluding ortho intramolecular Hbond substituents is 1. The Morgan fingerprint density at radius 2 is 2.19 bits per heavy atom. The van der Waals surface area contributed by atoms with E-state index in [2.05, 4.69) is 15.5 Å². The number of imidazole rings is 1. The minimum absolute atomic E-state index is 0.0508. The zero-order valence-corrected chi connectivity index (χ0v) is 14.6. The van der Waals surface area contributed by atoms with Crippen LogP contribution in [0.2, 0.25) is 0 Å². The average Bonchev–Trinajstić information content (AvgIpc) is 3.06. The van der Waals surface area contributed by atoms with Crippen molar-refractivity contribution < 1.29 is 14.6 Å². The van der Waals surface area contributed by atoms with Crippen molar-refractivity contribution in [1.29, 1.82) is 0 Å². The van der Waals surface area contributed by atoms with Crippen LogP contribution in [0.4, 0.5) is 0 Å². The van der Waals surface area contributed by atoms with Crippen LogP contribution in [0.3, 0.4) is 0 Å². The van der Waals surface area contributed by atoms with Gasteiger partial charge in [-0.05, 0) is 35.9 Å². The van der Waals surface area contributed by atoms with Crippen molar-refractivity contribution in [3.63, 3.8) is 0 Å². The number of ether oxygens (including phenoxy) is 1. The van der Waals surface area contributed by atoms with Gasteiger partial charge in [-0.2, -0.15) is 5.10 Å². The van der Waals surface area contributed by atoms with Crippen LogP contribution >= 0.6 is 0 Å². The summed E-state index contributed by atoms with van der Waals surface area (Å²) >= 11 is 0. The predicted molar refractivity (Wildman–Crippen MR) is 99.3 cm³/mol. The molecule has 7 heteroatoms. The van der Waals surface area contributed by atoms with Gasteiger partial charge in [-0.25, -0.2) is 10.4 Å². The number of fused-ring (bicyclic) bond motifs is 1. The highest BCUT2D eigenvalue weighted by molar-refractivity contribution is 5.84. The second-order valence-corrected chi connectivity index (χ2v) is 5.95. The normalized spacial score (nSPS) is 12.4. The summed E-state index contributed by atoms with van der Waals surface area (Å²) in [7, 11) is 1.47. The number of para-hydroxylation sites is 2. The number of benzene rings is 2. The third kappa shape index (κ3) is 3.83. The van der Waals surface area contributed by atoms with Crippen LogP contribution in [0.5, 0.6) is 11.5 Å². The maximum atomic E-state index is 12.2. The molecule has 7 nitrogen and oxygen atoms in total. The second-order valence-electron chi connectivity index (χ2n) is 5.95. The zero-order valence-electron chi connectivity index (χ0n) is 14.6. The van der Waals surface area contributed by atoms with Crippen molar-refractivity contribution in [2.75, 3.05) is 7.11 Å². The summed E-state index contributed by atoms with van der Waals surface area (Å²) in [6.45, 7) is 2.35. The molecule has 1 heterocycles. The molecule has 0 radical (unpaired) electrons. The van der Waals surface area contributed by atoms with Gasteiger partial charge in [0.1, 0.15) is 0 Å². The minimum atomic E-state index is -0.279. The van der Waals surface area contributed by atoms with E-state index >= 15 is 0 Å². The van der Waals surface area contributed by atoms with Crippen molar-refractivity contribution in [3.05, 3.63) is 54.4 Å². The Morgan fingerprint density at radius 3 is 3.00 bits per heavy atom. The highest BCUT2D eigenvalue weighted by Gasteiger charge is 2.14. The SMILES string of the molecule is COc1cc(/C=N/NC(=O)[C@H](C)Cn2cnc3ccccc32)ccc1O. The van der Waals surface area contributed by atoms with Crippen LogP contribution in [-0.2, 0) is 11.3 Å². The molecule has 0 aliphatic heterocycles. The van der Waals surface area contributed by atoms with E-state index in [0.29, 0.717) is 17.9 Å². The molecule has 0 aliphatic carbocycles. The molecular weight excluding hydrogens is 332 g/mol. The fourth-order valence-electron chi connectivity index (χ4n) is 2.59. The van der Waals surface area contributed by atoms with Gasteiger partial charge in [0.05, 0.1) is 36.6 Å². The van der Waals surface area contributed by atoms with Crippen molar-refractivity contribution in [2.45, 2.75) is 13.5 Å². The number of hydrogen-bond donors (Lipinski definition) is 2. The van der Waals surface area contributed by atoms with Gasteiger partial charge in [0, 0.05) is 6.54 Å². The van der Waals surface area contributed by atoms with Crippen molar-refractivity contribution in [1.82, 2.24) is 15.0 Å². The van der Waals surface area contributed by atoms with Gasteiger partial charge < -0.3 is 14.4 Å². The van der Waals surface area contributed by atoms with Gasteiger partial charge in [-0.1, -0.05) is 19.1 Å². The first-order valence-electron chi connectivity index (χ1n) is 8.18. The molecule has 1 atom stereocenters. The summed E-state index contributed by atoms with van der Waals surface area (Å²) in [5.74, 6) is -0.0700. The molecule has 2 N–H and O–H groups in total. The standard InChI is InChI=1S/C19H20N4O3/c1-13(11-23-12-20-15-5-3-4-6-16(15)23)19(25)22-21-10-14-7-8-17(24)18(9-14)26-2/h3-10,12-13,24H,11H2,1-2H3,(H,22,25)/b21-10+/t13-/m1/s1. The fraction of sp³-hybridized carbons (Fsp3) is 0.211. The number of aromatic hydroxyl groups is 1. The number of methoxy groups -OCH3 is 1. The minimum Gasteiger partial charge on any atom is -0.504 e. The van der Waals surface area contributed by atoms with E-state index in [4.69, 9.17) is 4.74 Å². The quantitative estimate of drug-likeness (QED) is 0.527. The van der Waals surface area contributed by atoms with Crippen LogP contribution in [0.25, 0.3) is 11.0 Å². The van der Waals surface area contributed by atoms with Crippen LogP contribution in [-0.4, -0.2) is 33.9 Å². The molecule has 2 aromatic carbocycles. The molecule has 0 saturated heterocycles.